The molecule has 346 valence electrons. The zero-order valence-corrected chi connectivity index (χ0v) is 37.4. The Balaban J connectivity index is 2.96. The van der Waals surface area contributed by atoms with Crippen LogP contribution in [0.3, 0.4) is 0 Å². The van der Waals surface area contributed by atoms with Crippen LogP contribution in [0.1, 0.15) is 104 Å². The van der Waals surface area contributed by atoms with Gasteiger partial charge in [0, 0.05) is 12.3 Å². The van der Waals surface area contributed by atoms with Crippen LogP contribution in [0.25, 0.3) is 0 Å². The number of carbonyl (C=O) groups excluding carboxylic acids is 2. The number of unbranched alkanes of at least 4 members (excludes halogenated alkanes) is 12. The maximum Gasteiger partial charge on any atom is 0.472 e. The standard InChI is InChI=1S/C41H53O19P3/c1-3-5-7-9-11-13-15-17-19-21-23-25-27-29-34(42)55-31-33(57-35(43)30-28-26-24-22-20-18-16-14-12-10-8-6-4-2)32-56-63(53,54)60-39-36(44)37(45)40(58-61(47,48)49)41(38(39)46)59-62(50,51)52/h33,36-41,44-46H,4,6,8,10,12,14,16,18,20,22,24,26,28,30-32H2,1-2H3,(H,53,54)(H2,47,48,49)(H2,50,51,52)/t33-,36?,37+,38-,39?,40-,41?/m1/s1. The van der Waals surface area contributed by atoms with Crippen LogP contribution in [0.15, 0.2) is 0 Å². The lowest BCUT2D eigenvalue weighted by Crippen LogP contribution is -2.65. The summed E-state index contributed by atoms with van der Waals surface area (Å²) in [6.45, 7) is 1.99. The molecule has 8 atom stereocenters. The smallest absolute Gasteiger partial charge is 0.456 e. The van der Waals surface area contributed by atoms with Crippen LogP contribution in [0.5, 0.6) is 0 Å². The predicted molar refractivity (Wildman–Crippen MR) is 224 cm³/mol. The zero-order valence-electron chi connectivity index (χ0n) is 34.8. The quantitative estimate of drug-likeness (QED) is 0.0203. The van der Waals surface area contributed by atoms with E-state index in [-0.39, 0.29) is 6.42 Å². The van der Waals surface area contributed by atoms with E-state index in [9.17, 15) is 63.1 Å². The highest BCUT2D eigenvalue weighted by Crippen LogP contribution is 2.51. The third kappa shape index (κ3) is 28.5. The van der Waals surface area contributed by atoms with Gasteiger partial charge in [-0.3, -0.25) is 22.9 Å². The normalized spacial score (nSPS) is 20.3. The fourth-order valence-corrected chi connectivity index (χ4v) is 7.62. The van der Waals surface area contributed by atoms with E-state index in [1.807, 2.05) is 5.92 Å². The Bertz CT molecular complexity index is 2070. The first kappa shape index (κ1) is 57.1. The van der Waals surface area contributed by atoms with E-state index in [1.54, 1.807) is 6.92 Å². The van der Waals surface area contributed by atoms with Crippen molar-refractivity contribution in [2.75, 3.05) is 13.2 Å². The zero-order chi connectivity index (χ0) is 47.2. The van der Waals surface area contributed by atoms with Gasteiger partial charge in [0.25, 0.3) is 0 Å². The first-order valence-electron chi connectivity index (χ1n) is 19.8. The van der Waals surface area contributed by atoms with Gasteiger partial charge in [0.15, 0.2) is 6.10 Å². The molecule has 63 heavy (non-hydrogen) atoms. The summed E-state index contributed by atoms with van der Waals surface area (Å²) in [4.78, 5) is 72.4. The van der Waals surface area contributed by atoms with Crippen LogP contribution in [-0.2, 0) is 50.9 Å². The average molecular weight is 943 g/mol. The van der Waals surface area contributed by atoms with E-state index < -0.39 is 91.3 Å². The molecule has 8 N–H and O–H groups in total. The highest BCUT2D eigenvalue weighted by atomic mass is 31.2. The molecular weight excluding hydrogens is 889 g/mol. The van der Waals surface area contributed by atoms with E-state index in [2.05, 4.69) is 92.9 Å². The lowest BCUT2D eigenvalue weighted by molar-refractivity contribution is -0.213. The van der Waals surface area contributed by atoms with Crippen molar-refractivity contribution >= 4 is 35.4 Å². The van der Waals surface area contributed by atoms with Crippen LogP contribution in [0.2, 0.25) is 0 Å². The summed E-state index contributed by atoms with van der Waals surface area (Å²) < 4.78 is 64.5. The van der Waals surface area contributed by atoms with Crippen LogP contribution in [0.4, 0.5) is 0 Å². The Morgan fingerprint density at radius 3 is 1.41 bits per heavy atom. The summed E-state index contributed by atoms with van der Waals surface area (Å²) in [7, 11) is -16.7. The molecule has 0 aliphatic heterocycles. The molecule has 1 saturated carbocycles. The van der Waals surface area contributed by atoms with Crippen LogP contribution in [-0.4, -0.2) is 108 Å². The summed E-state index contributed by atoms with van der Waals surface area (Å²) in [6.07, 6.45) is -3.06. The monoisotopic (exact) mass is 942 g/mol. The minimum atomic E-state index is -5.63. The van der Waals surface area contributed by atoms with Crippen molar-refractivity contribution in [3.8, 4) is 82.9 Å². The fourth-order valence-electron chi connectivity index (χ4n) is 5.52. The van der Waals surface area contributed by atoms with Crippen molar-refractivity contribution in [2.24, 2.45) is 0 Å². The summed E-state index contributed by atoms with van der Waals surface area (Å²) in [5.74, 6) is 31.2. The van der Waals surface area contributed by atoms with Gasteiger partial charge in [-0.15, -0.1) is 0 Å². The molecule has 0 aromatic rings. The lowest BCUT2D eigenvalue weighted by atomic mass is 9.85. The third-order valence-corrected chi connectivity index (χ3v) is 10.4. The summed E-state index contributed by atoms with van der Waals surface area (Å²) in [5, 5.41) is 31.7. The number of phosphoric acid groups is 3. The van der Waals surface area contributed by atoms with Crippen molar-refractivity contribution in [3.05, 3.63) is 0 Å². The molecule has 4 unspecified atom stereocenters. The second-order valence-corrected chi connectivity index (χ2v) is 17.3. The molecule has 0 aromatic carbocycles. The van der Waals surface area contributed by atoms with Crippen LogP contribution >= 0.6 is 23.5 Å². The van der Waals surface area contributed by atoms with Crippen molar-refractivity contribution < 1.29 is 90.6 Å². The fraction of sp³-hybridized carbons (Fsp3) is 0.610. The molecule has 0 saturated heterocycles. The summed E-state index contributed by atoms with van der Waals surface area (Å²) >= 11 is 0. The predicted octanol–water partition coefficient (Wildman–Crippen LogP) is 2.52. The summed E-state index contributed by atoms with van der Waals surface area (Å²) in [6, 6.07) is 0. The third-order valence-electron chi connectivity index (χ3n) is 8.38. The van der Waals surface area contributed by atoms with Gasteiger partial charge in [-0.2, -0.15) is 0 Å². The minimum Gasteiger partial charge on any atom is -0.456 e. The number of aliphatic hydroxyl groups is 3. The SMILES string of the molecule is CC#CC#CC#CC#CC#CC#CC#CC(=O)OC[C@H](COP(=O)(O)OC1C(O)[C@H](O)[C@@H](OP(=O)(O)O)C(OP(=O)(O)O)[C@@H]1O)OC(=O)CCCCCCCCCCCCCCC. The highest BCUT2D eigenvalue weighted by Gasteiger charge is 2.56. The number of aliphatic hydroxyl groups excluding tert-OH is 3. The van der Waals surface area contributed by atoms with Gasteiger partial charge in [0.05, 0.1) is 6.61 Å². The number of hydrogen-bond acceptors (Lipinski definition) is 14. The second-order valence-electron chi connectivity index (χ2n) is 13.5. The molecule has 1 aliphatic rings. The van der Waals surface area contributed by atoms with Crippen LogP contribution in [0, 0.1) is 82.9 Å². The average Bonchev–Trinajstić information content (AvgIpc) is 3.20. The van der Waals surface area contributed by atoms with Crippen LogP contribution < -0.4 is 0 Å². The van der Waals surface area contributed by atoms with E-state index in [0.717, 1.165) is 25.7 Å². The number of hydrogen-bond donors (Lipinski definition) is 8. The highest BCUT2D eigenvalue weighted by molar-refractivity contribution is 7.47. The van der Waals surface area contributed by atoms with Gasteiger partial charge in [0.1, 0.15) is 43.2 Å². The topological polar surface area (TPSA) is 303 Å². The molecular formula is C41H53O19P3. The molecule has 0 bridgehead atoms. The van der Waals surface area contributed by atoms with Gasteiger partial charge in [0.2, 0.25) is 0 Å². The first-order valence-corrected chi connectivity index (χ1v) is 24.3. The molecule has 0 radical (unpaired) electrons. The van der Waals surface area contributed by atoms with Gasteiger partial charge in [-0.1, -0.05) is 89.9 Å². The first-order chi connectivity index (χ1) is 29.8. The Morgan fingerprint density at radius 1 is 0.540 bits per heavy atom. The Labute approximate surface area is 367 Å². The number of carbonyl (C=O) groups is 2. The molecule has 22 heteroatoms. The molecule has 19 nitrogen and oxygen atoms in total. The Morgan fingerprint density at radius 2 is 0.952 bits per heavy atom. The van der Waals surface area contributed by atoms with Gasteiger partial charge < -0.3 is 49.3 Å². The Hall–Kier alpha value is -3.93. The van der Waals surface area contributed by atoms with Crippen molar-refractivity contribution in [1.29, 1.82) is 0 Å². The molecule has 0 amide bonds. The number of esters is 2. The van der Waals surface area contributed by atoms with Gasteiger partial charge in [-0.05, 0) is 84.4 Å². The second kappa shape index (κ2) is 31.8. The molecule has 1 aliphatic carbocycles. The largest absolute Gasteiger partial charge is 0.472 e. The summed E-state index contributed by atoms with van der Waals surface area (Å²) in [5.41, 5.74) is 0. The minimum absolute atomic E-state index is 0.0811. The maximum atomic E-state index is 13.0. The number of phosphoric ester groups is 3. The van der Waals surface area contributed by atoms with Gasteiger partial charge >= 0.3 is 35.4 Å². The Kier molecular flexibility index (Phi) is 28.9. The van der Waals surface area contributed by atoms with E-state index in [4.69, 9.17) is 18.5 Å². The molecule has 0 spiro atoms. The number of rotatable bonds is 26. The van der Waals surface area contributed by atoms with Crippen molar-refractivity contribution in [2.45, 2.75) is 146 Å². The number of ether oxygens (including phenoxy) is 2. The molecule has 1 rings (SSSR count). The van der Waals surface area contributed by atoms with Gasteiger partial charge in [-0.25, -0.2) is 18.5 Å². The maximum absolute atomic E-state index is 13.0. The van der Waals surface area contributed by atoms with E-state index in [1.165, 1.54) is 44.9 Å². The molecule has 0 heterocycles. The van der Waals surface area contributed by atoms with Crippen molar-refractivity contribution in [3.63, 3.8) is 0 Å². The lowest BCUT2D eigenvalue weighted by Gasteiger charge is -2.44. The molecule has 0 aromatic heterocycles. The van der Waals surface area contributed by atoms with E-state index in [0.29, 0.717) is 12.8 Å². The van der Waals surface area contributed by atoms with Crippen molar-refractivity contribution in [1.82, 2.24) is 0 Å². The van der Waals surface area contributed by atoms with E-state index >= 15 is 0 Å². The molecule has 1 fully saturated rings.